The van der Waals surface area contributed by atoms with E-state index >= 15 is 0 Å². The van der Waals surface area contributed by atoms with Gasteiger partial charge in [-0.2, -0.15) is 0 Å². The van der Waals surface area contributed by atoms with Crippen molar-refractivity contribution in [2.24, 2.45) is 5.41 Å². The van der Waals surface area contributed by atoms with Gasteiger partial charge in [-0.05, 0) is 31.4 Å². The van der Waals surface area contributed by atoms with Gasteiger partial charge in [0.25, 0.3) is 0 Å². The molecule has 0 atom stereocenters. The Bertz CT molecular complexity index is 254. The van der Waals surface area contributed by atoms with Crippen LogP contribution in [0.25, 0.3) is 0 Å². The second-order valence-electron chi connectivity index (χ2n) is 4.16. The van der Waals surface area contributed by atoms with Crippen molar-refractivity contribution >= 4 is 0 Å². The van der Waals surface area contributed by atoms with Crippen molar-refractivity contribution in [1.29, 1.82) is 0 Å². The zero-order chi connectivity index (χ0) is 11.1. The predicted molar refractivity (Wildman–Crippen MR) is 65.2 cm³/mol. The summed E-state index contributed by atoms with van der Waals surface area (Å²) in [5.41, 5.74) is 0.357. The monoisotopic (exact) mass is 206 g/mol. The summed E-state index contributed by atoms with van der Waals surface area (Å²) >= 11 is 0. The molecule has 84 valence electrons. The normalized spacial score (nSPS) is 11.4. The van der Waals surface area contributed by atoms with E-state index in [-0.39, 0.29) is 0 Å². The van der Waals surface area contributed by atoms with E-state index in [0.717, 1.165) is 12.4 Å². The van der Waals surface area contributed by atoms with E-state index in [4.69, 9.17) is 4.74 Å². The van der Waals surface area contributed by atoms with Gasteiger partial charge in [-0.15, -0.1) is 0 Å². The van der Waals surface area contributed by atoms with Crippen molar-refractivity contribution in [3.8, 4) is 5.75 Å². The fourth-order valence-electron chi connectivity index (χ4n) is 1.81. The lowest BCUT2D eigenvalue weighted by atomic mass is 9.81. The van der Waals surface area contributed by atoms with Gasteiger partial charge in [-0.3, -0.25) is 0 Å². The Balaban J connectivity index is 2.54. The van der Waals surface area contributed by atoms with Gasteiger partial charge >= 0.3 is 0 Å². The van der Waals surface area contributed by atoms with Crippen LogP contribution in [0, 0.1) is 5.41 Å². The van der Waals surface area contributed by atoms with Crippen molar-refractivity contribution in [1.82, 2.24) is 0 Å². The summed E-state index contributed by atoms with van der Waals surface area (Å²) in [6.45, 7) is 7.59. The summed E-state index contributed by atoms with van der Waals surface area (Å²) in [6.07, 6.45) is 3.56. The van der Waals surface area contributed by atoms with Gasteiger partial charge in [-0.25, -0.2) is 0 Å². The zero-order valence-electron chi connectivity index (χ0n) is 10.1. The van der Waals surface area contributed by atoms with E-state index in [1.165, 1.54) is 19.3 Å². The maximum Gasteiger partial charge on any atom is 0.119 e. The van der Waals surface area contributed by atoms with E-state index in [1.54, 1.807) is 0 Å². The number of para-hydroxylation sites is 1. The Morgan fingerprint density at radius 2 is 1.47 bits per heavy atom. The molecule has 0 heterocycles. The third-order valence-corrected chi connectivity index (χ3v) is 3.54. The van der Waals surface area contributed by atoms with Crippen LogP contribution >= 0.6 is 0 Å². The van der Waals surface area contributed by atoms with Crippen molar-refractivity contribution in [2.75, 3.05) is 6.61 Å². The second-order valence-corrected chi connectivity index (χ2v) is 4.16. The highest BCUT2D eigenvalue weighted by molar-refractivity contribution is 5.20. The van der Waals surface area contributed by atoms with E-state index in [1.807, 2.05) is 30.3 Å². The molecule has 1 heteroatoms. The summed E-state index contributed by atoms with van der Waals surface area (Å²) < 4.78 is 5.84. The summed E-state index contributed by atoms with van der Waals surface area (Å²) in [7, 11) is 0. The highest BCUT2D eigenvalue weighted by Gasteiger charge is 2.24. The fourth-order valence-corrected chi connectivity index (χ4v) is 1.81. The average molecular weight is 206 g/mol. The van der Waals surface area contributed by atoms with Gasteiger partial charge in [0.05, 0.1) is 6.61 Å². The predicted octanol–water partition coefficient (Wildman–Crippen LogP) is 4.28. The molecule has 0 unspecified atom stereocenters. The van der Waals surface area contributed by atoms with Crippen LogP contribution in [0.1, 0.15) is 40.0 Å². The first kappa shape index (κ1) is 12.1. The van der Waals surface area contributed by atoms with Crippen LogP contribution in [-0.2, 0) is 0 Å². The van der Waals surface area contributed by atoms with Crippen LogP contribution in [0.4, 0.5) is 0 Å². The molecule has 1 rings (SSSR count). The molecule has 1 aromatic rings. The molecular formula is C14H22O. The molecule has 0 aliphatic carbocycles. The maximum atomic E-state index is 5.84. The lowest BCUT2D eigenvalue weighted by Crippen LogP contribution is -2.26. The molecule has 1 nitrogen and oxygen atoms in total. The lowest BCUT2D eigenvalue weighted by Gasteiger charge is -2.30. The largest absolute Gasteiger partial charge is 0.493 e. The topological polar surface area (TPSA) is 9.23 Å². The molecular weight excluding hydrogens is 184 g/mol. The zero-order valence-corrected chi connectivity index (χ0v) is 10.1. The van der Waals surface area contributed by atoms with Crippen LogP contribution in [0.3, 0.4) is 0 Å². The van der Waals surface area contributed by atoms with Gasteiger partial charge in [0.1, 0.15) is 5.75 Å². The Labute approximate surface area is 93.5 Å². The SMILES string of the molecule is CCC(CC)(CC)COc1ccccc1. The molecule has 0 aliphatic rings. The second kappa shape index (κ2) is 5.79. The third kappa shape index (κ3) is 3.26. The highest BCUT2D eigenvalue weighted by atomic mass is 16.5. The molecule has 0 saturated carbocycles. The number of ether oxygens (including phenoxy) is 1. The van der Waals surface area contributed by atoms with Crippen LogP contribution in [0.5, 0.6) is 5.75 Å². The van der Waals surface area contributed by atoms with Crippen molar-refractivity contribution in [3.63, 3.8) is 0 Å². The average Bonchev–Trinajstić information content (AvgIpc) is 2.33. The summed E-state index contributed by atoms with van der Waals surface area (Å²) in [5, 5.41) is 0. The summed E-state index contributed by atoms with van der Waals surface area (Å²) in [5.74, 6) is 0.984. The molecule has 0 N–H and O–H groups in total. The first-order valence-electron chi connectivity index (χ1n) is 5.94. The Morgan fingerprint density at radius 3 is 1.93 bits per heavy atom. The van der Waals surface area contributed by atoms with Crippen LogP contribution in [0.2, 0.25) is 0 Å². The quantitative estimate of drug-likeness (QED) is 0.675. The number of benzene rings is 1. The summed E-state index contributed by atoms with van der Waals surface area (Å²) in [6, 6.07) is 10.1. The maximum absolute atomic E-state index is 5.84. The molecule has 0 bridgehead atoms. The number of rotatable bonds is 6. The first-order valence-corrected chi connectivity index (χ1v) is 5.94. The number of hydrogen-bond acceptors (Lipinski definition) is 1. The van der Waals surface area contributed by atoms with Gasteiger partial charge in [0, 0.05) is 5.41 Å². The van der Waals surface area contributed by atoms with Gasteiger partial charge < -0.3 is 4.74 Å². The molecule has 0 aromatic heterocycles. The van der Waals surface area contributed by atoms with Crippen molar-refractivity contribution < 1.29 is 4.74 Å². The molecule has 0 fully saturated rings. The highest BCUT2D eigenvalue weighted by Crippen LogP contribution is 2.31. The standard InChI is InChI=1S/C14H22O/c1-4-14(5-2,6-3)12-15-13-10-8-7-9-11-13/h7-11H,4-6,12H2,1-3H3. The minimum absolute atomic E-state index is 0.357. The molecule has 15 heavy (non-hydrogen) atoms. The number of hydrogen-bond donors (Lipinski definition) is 0. The van der Waals surface area contributed by atoms with Crippen molar-refractivity contribution in [3.05, 3.63) is 30.3 Å². The smallest absolute Gasteiger partial charge is 0.119 e. The first-order chi connectivity index (χ1) is 7.26. The Kier molecular flexibility index (Phi) is 4.67. The van der Waals surface area contributed by atoms with Crippen LogP contribution < -0.4 is 4.74 Å². The molecule has 1 aromatic carbocycles. The van der Waals surface area contributed by atoms with Gasteiger partial charge in [0.2, 0.25) is 0 Å². The Hall–Kier alpha value is -0.980. The fraction of sp³-hybridized carbons (Fsp3) is 0.571. The molecule has 0 saturated heterocycles. The van der Waals surface area contributed by atoms with Gasteiger partial charge in [0.15, 0.2) is 0 Å². The third-order valence-electron chi connectivity index (χ3n) is 3.54. The molecule has 0 radical (unpaired) electrons. The van der Waals surface area contributed by atoms with Crippen LogP contribution in [0.15, 0.2) is 30.3 Å². The molecule has 0 spiro atoms. The minimum Gasteiger partial charge on any atom is -0.493 e. The van der Waals surface area contributed by atoms with E-state index in [2.05, 4.69) is 20.8 Å². The minimum atomic E-state index is 0.357. The van der Waals surface area contributed by atoms with Crippen molar-refractivity contribution in [2.45, 2.75) is 40.0 Å². The Morgan fingerprint density at radius 1 is 0.933 bits per heavy atom. The van der Waals surface area contributed by atoms with E-state index < -0.39 is 0 Å². The van der Waals surface area contributed by atoms with Crippen LogP contribution in [-0.4, -0.2) is 6.61 Å². The summed E-state index contributed by atoms with van der Waals surface area (Å²) in [4.78, 5) is 0. The molecule has 0 aliphatic heterocycles. The van der Waals surface area contributed by atoms with E-state index in [0.29, 0.717) is 5.41 Å². The lowest BCUT2D eigenvalue weighted by molar-refractivity contribution is 0.128. The van der Waals surface area contributed by atoms with E-state index in [9.17, 15) is 0 Å². The molecule has 0 amide bonds. The van der Waals surface area contributed by atoms with Gasteiger partial charge in [-0.1, -0.05) is 39.0 Å².